The van der Waals surface area contributed by atoms with Crippen molar-refractivity contribution in [2.24, 2.45) is 0 Å². The number of alkyl halides is 3. The summed E-state index contributed by atoms with van der Waals surface area (Å²) >= 11 is 1.23. The van der Waals surface area contributed by atoms with Crippen molar-refractivity contribution in [3.05, 3.63) is 59.7 Å². The molecule has 1 atom stereocenters. The van der Waals surface area contributed by atoms with E-state index in [0.717, 1.165) is 12.1 Å². The van der Waals surface area contributed by atoms with Crippen LogP contribution in [0.5, 0.6) is 0 Å². The number of nitrogen functional groups attached to an aromatic ring is 1. The largest absolute Gasteiger partial charge is 0.416 e. The van der Waals surface area contributed by atoms with Gasteiger partial charge in [-0.3, -0.25) is 0 Å². The molecule has 0 radical (unpaired) electrons. The summed E-state index contributed by atoms with van der Waals surface area (Å²) in [6, 6.07) is 11.2. The molecule has 1 aromatic heterocycles. The lowest BCUT2D eigenvalue weighted by Gasteiger charge is -2.18. The first-order valence-corrected chi connectivity index (χ1v) is 12.5. The number of hydrogen-bond donors (Lipinski definition) is 1. The van der Waals surface area contributed by atoms with Crippen LogP contribution >= 0.6 is 11.8 Å². The fourth-order valence-corrected chi connectivity index (χ4v) is 5.63. The Morgan fingerprint density at radius 3 is 2.30 bits per heavy atom. The standard InChI is InChI=1S/C21H24F3N5O2S2/c1-4-28(5-2)33(30,31)18-8-6-7-16(13-18)19-26-27-20(29(19)25)32-14(3)15-9-11-17(12-10-15)21(22,23)24/h6-14H,4-5,25H2,1-3H3. The zero-order chi connectivity index (χ0) is 24.4. The Kier molecular flexibility index (Phi) is 7.39. The van der Waals surface area contributed by atoms with Crippen LogP contribution in [0, 0.1) is 0 Å². The Hall–Kier alpha value is -2.57. The van der Waals surface area contributed by atoms with E-state index in [4.69, 9.17) is 5.84 Å². The van der Waals surface area contributed by atoms with Gasteiger partial charge in [0.25, 0.3) is 0 Å². The van der Waals surface area contributed by atoms with Crippen LogP contribution in [-0.2, 0) is 16.2 Å². The highest BCUT2D eigenvalue weighted by atomic mass is 32.2. The fraction of sp³-hybridized carbons (Fsp3) is 0.333. The van der Waals surface area contributed by atoms with Gasteiger partial charge in [0, 0.05) is 23.9 Å². The molecule has 12 heteroatoms. The van der Waals surface area contributed by atoms with E-state index in [9.17, 15) is 21.6 Å². The zero-order valence-electron chi connectivity index (χ0n) is 18.2. The molecule has 0 spiro atoms. The summed E-state index contributed by atoms with van der Waals surface area (Å²) in [7, 11) is -3.66. The highest BCUT2D eigenvalue weighted by Crippen LogP contribution is 2.36. The summed E-state index contributed by atoms with van der Waals surface area (Å²) in [4.78, 5) is 0.124. The topological polar surface area (TPSA) is 94.1 Å². The molecule has 0 aliphatic rings. The maximum absolute atomic E-state index is 12.8. The molecule has 3 rings (SSSR count). The van der Waals surface area contributed by atoms with Crippen LogP contribution in [-0.4, -0.2) is 40.7 Å². The number of halogens is 3. The minimum Gasteiger partial charge on any atom is -0.335 e. The van der Waals surface area contributed by atoms with Crippen molar-refractivity contribution in [1.29, 1.82) is 0 Å². The number of nitrogens with zero attached hydrogens (tertiary/aromatic N) is 4. The van der Waals surface area contributed by atoms with E-state index >= 15 is 0 Å². The second kappa shape index (κ2) is 9.74. The molecule has 0 saturated carbocycles. The Morgan fingerprint density at radius 1 is 1.09 bits per heavy atom. The molecule has 2 aromatic carbocycles. The zero-order valence-corrected chi connectivity index (χ0v) is 19.9. The minimum atomic E-state index is -4.39. The van der Waals surface area contributed by atoms with Gasteiger partial charge in [0.2, 0.25) is 15.2 Å². The third kappa shape index (κ3) is 5.33. The molecule has 1 heterocycles. The van der Waals surface area contributed by atoms with Crippen molar-refractivity contribution < 1.29 is 21.6 Å². The molecule has 7 nitrogen and oxygen atoms in total. The quantitative estimate of drug-likeness (QED) is 0.361. The normalized spacial score (nSPS) is 13.4. The molecule has 1 unspecified atom stereocenters. The molecule has 0 amide bonds. The highest BCUT2D eigenvalue weighted by molar-refractivity contribution is 7.99. The van der Waals surface area contributed by atoms with Gasteiger partial charge >= 0.3 is 6.18 Å². The Morgan fingerprint density at radius 2 is 1.73 bits per heavy atom. The molecule has 0 aliphatic heterocycles. The maximum atomic E-state index is 12.8. The lowest BCUT2D eigenvalue weighted by molar-refractivity contribution is -0.137. The smallest absolute Gasteiger partial charge is 0.335 e. The van der Waals surface area contributed by atoms with Gasteiger partial charge in [-0.2, -0.15) is 17.5 Å². The monoisotopic (exact) mass is 499 g/mol. The average molecular weight is 500 g/mol. The predicted molar refractivity (Wildman–Crippen MR) is 121 cm³/mol. The van der Waals surface area contributed by atoms with Crippen LogP contribution in [0.1, 0.15) is 37.1 Å². The van der Waals surface area contributed by atoms with Crippen LogP contribution in [0.15, 0.2) is 58.6 Å². The van der Waals surface area contributed by atoms with Gasteiger partial charge in [-0.1, -0.05) is 49.9 Å². The third-order valence-corrected chi connectivity index (χ3v) is 8.25. The predicted octanol–water partition coefficient (Wildman–Crippen LogP) is 4.56. The molecular formula is C21H24F3N5O2S2. The number of aromatic nitrogens is 3. The second-order valence-electron chi connectivity index (χ2n) is 7.17. The Bertz CT molecular complexity index is 1210. The molecule has 0 fully saturated rings. The molecule has 178 valence electrons. The first-order valence-electron chi connectivity index (χ1n) is 10.1. The molecule has 2 N–H and O–H groups in total. The lowest BCUT2D eigenvalue weighted by atomic mass is 10.1. The summed E-state index contributed by atoms with van der Waals surface area (Å²) < 4.78 is 66.6. The van der Waals surface area contributed by atoms with Gasteiger partial charge in [0.15, 0.2) is 5.82 Å². The summed E-state index contributed by atoms with van der Waals surface area (Å²) in [5, 5.41) is 8.28. The van der Waals surface area contributed by atoms with E-state index < -0.39 is 21.8 Å². The molecule has 33 heavy (non-hydrogen) atoms. The lowest BCUT2D eigenvalue weighted by Crippen LogP contribution is -2.30. The van der Waals surface area contributed by atoms with E-state index in [1.165, 1.54) is 45.0 Å². The Balaban J connectivity index is 1.84. The number of rotatable bonds is 8. The van der Waals surface area contributed by atoms with E-state index in [-0.39, 0.29) is 16.0 Å². The van der Waals surface area contributed by atoms with Gasteiger partial charge < -0.3 is 5.84 Å². The summed E-state index contributed by atoms with van der Waals surface area (Å²) in [5.74, 6) is 6.45. The number of benzene rings is 2. The number of hydrogen-bond acceptors (Lipinski definition) is 6. The van der Waals surface area contributed by atoms with Gasteiger partial charge in [0.05, 0.1) is 10.5 Å². The van der Waals surface area contributed by atoms with E-state index in [1.807, 2.05) is 6.92 Å². The van der Waals surface area contributed by atoms with Gasteiger partial charge in [-0.05, 0) is 36.8 Å². The number of thioether (sulfide) groups is 1. The van der Waals surface area contributed by atoms with Crippen molar-refractivity contribution in [1.82, 2.24) is 19.2 Å². The van der Waals surface area contributed by atoms with Crippen LogP contribution in [0.25, 0.3) is 11.4 Å². The van der Waals surface area contributed by atoms with Gasteiger partial charge in [-0.15, -0.1) is 10.2 Å². The minimum absolute atomic E-state index is 0.124. The van der Waals surface area contributed by atoms with Gasteiger partial charge in [0.1, 0.15) is 0 Å². The van der Waals surface area contributed by atoms with Crippen molar-refractivity contribution >= 4 is 21.8 Å². The molecular weight excluding hydrogens is 475 g/mol. The highest BCUT2D eigenvalue weighted by Gasteiger charge is 2.30. The SMILES string of the molecule is CCN(CC)S(=O)(=O)c1cccc(-c2nnc(SC(C)c3ccc(C(F)(F)F)cc3)n2N)c1. The summed E-state index contributed by atoms with van der Waals surface area (Å²) in [6.07, 6.45) is -4.39. The fourth-order valence-electron chi connectivity index (χ4n) is 3.23. The average Bonchev–Trinajstić information content (AvgIpc) is 3.14. The van der Waals surface area contributed by atoms with E-state index in [0.29, 0.717) is 29.4 Å². The van der Waals surface area contributed by atoms with E-state index in [1.54, 1.807) is 26.0 Å². The van der Waals surface area contributed by atoms with Crippen molar-refractivity contribution in [2.75, 3.05) is 18.9 Å². The van der Waals surface area contributed by atoms with Crippen LogP contribution in [0.4, 0.5) is 13.2 Å². The van der Waals surface area contributed by atoms with Crippen LogP contribution < -0.4 is 5.84 Å². The van der Waals surface area contributed by atoms with Crippen LogP contribution in [0.3, 0.4) is 0 Å². The molecule has 0 saturated heterocycles. The van der Waals surface area contributed by atoms with E-state index in [2.05, 4.69) is 10.2 Å². The molecule has 0 bridgehead atoms. The van der Waals surface area contributed by atoms with Gasteiger partial charge in [-0.25, -0.2) is 13.1 Å². The van der Waals surface area contributed by atoms with Crippen molar-refractivity contribution in [2.45, 2.75) is 42.2 Å². The second-order valence-corrected chi connectivity index (χ2v) is 10.4. The van der Waals surface area contributed by atoms with Crippen molar-refractivity contribution in [3.63, 3.8) is 0 Å². The molecule has 0 aliphatic carbocycles. The number of sulfonamides is 1. The van der Waals surface area contributed by atoms with Crippen LogP contribution in [0.2, 0.25) is 0 Å². The summed E-state index contributed by atoms with van der Waals surface area (Å²) in [6.45, 7) is 6.04. The first kappa shape index (κ1) is 25.1. The molecule has 3 aromatic rings. The third-order valence-electron chi connectivity index (χ3n) is 5.09. The summed E-state index contributed by atoms with van der Waals surface area (Å²) in [5.41, 5.74) is 0.435. The Labute approximate surface area is 194 Å². The number of nitrogens with two attached hydrogens (primary N) is 1. The maximum Gasteiger partial charge on any atom is 0.416 e. The van der Waals surface area contributed by atoms with Crippen molar-refractivity contribution in [3.8, 4) is 11.4 Å². The first-order chi connectivity index (χ1) is 15.5.